The van der Waals surface area contributed by atoms with Gasteiger partial charge in [0.1, 0.15) is 0 Å². The van der Waals surface area contributed by atoms with Gasteiger partial charge < -0.3 is 16.0 Å². The highest BCUT2D eigenvalue weighted by molar-refractivity contribution is 5.94. The third-order valence-electron chi connectivity index (χ3n) is 3.78. The molecule has 2 heterocycles. The molecule has 0 unspecified atom stereocenters. The summed E-state index contributed by atoms with van der Waals surface area (Å²) in [6, 6.07) is 0. The lowest BCUT2D eigenvalue weighted by Crippen LogP contribution is -2.41. The van der Waals surface area contributed by atoms with Crippen molar-refractivity contribution in [3.05, 3.63) is 11.1 Å². The predicted octanol–water partition coefficient (Wildman–Crippen LogP) is -1.07. The van der Waals surface area contributed by atoms with E-state index in [1.54, 1.807) is 0 Å². The van der Waals surface area contributed by atoms with Crippen molar-refractivity contribution >= 4 is 11.8 Å². The summed E-state index contributed by atoms with van der Waals surface area (Å²) in [5.41, 5.74) is 7.30. The van der Waals surface area contributed by atoms with Gasteiger partial charge >= 0.3 is 0 Å². The van der Waals surface area contributed by atoms with Crippen molar-refractivity contribution in [2.45, 2.75) is 13.3 Å². The van der Waals surface area contributed by atoms with Gasteiger partial charge in [-0.3, -0.25) is 14.5 Å². The first-order valence-corrected chi connectivity index (χ1v) is 6.77. The molecule has 2 aliphatic heterocycles. The maximum atomic E-state index is 12.3. The molecule has 6 nitrogen and oxygen atoms in total. The highest BCUT2D eigenvalue weighted by Crippen LogP contribution is 2.13. The first kappa shape index (κ1) is 14.0. The van der Waals surface area contributed by atoms with E-state index in [1.807, 2.05) is 16.7 Å². The van der Waals surface area contributed by atoms with E-state index in [0.29, 0.717) is 6.54 Å². The molecule has 6 heteroatoms. The molecule has 0 aliphatic carbocycles. The first-order chi connectivity index (χ1) is 9.08. The minimum absolute atomic E-state index is 0.137. The molecule has 2 aliphatic rings. The summed E-state index contributed by atoms with van der Waals surface area (Å²) in [5.74, 6) is -0.170. The van der Waals surface area contributed by atoms with Crippen LogP contribution >= 0.6 is 0 Å². The van der Waals surface area contributed by atoms with Crippen LogP contribution in [0.2, 0.25) is 0 Å². The van der Waals surface area contributed by atoms with E-state index < -0.39 is 0 Å². The van der Waals surface area contributed by atoms with E-state index in [9.17, 15) is 9.59 Å². The van der Waals surface area contributed by atoms with Crippen molar-refractivity contribution in [1.82, 2.24) is 15.1 Å². The molecule has 106 valence electrons. The van der Waals surface area contributed by atoms with E-state index in [-0.39, 0.29) is 18.4 Å². The van der Waals surface area contributed by atoms with Gasteiger partial charge in [0, 0.05) is 44.8 Å². The number of rotatable bonds is 3. The summed E-state index contributed by atoms with van der Waals surface area (Å²) in [5, 5.41) is 3.15. The maximum absolute atomic E-state index is 12.3. The van der Waals surface area contributed by atoms with Crippen molar-refractivity contribution in [2.75, 3.05) is 45.8 Å². The van der Waals surface area contributed by atoms with Crippen LogP contribution in [0.15, 0.2) is 11.1 Å². The molecule has 0 aromatic heterocycles. The van der Waals surface area contributed by atoms with Gasteiger partial charge in [-0.2, -0.15) is 0 Å². The zero-order valence-electron chi connectivity index (χ0n) is 11.4. The monoisotopic (exact) mass is 266 g/mol. The molecule has 0 bridgehead atoms. The molecule has 0 spiro atoms. The van der Waals surface area contributed by atoms with E-state index in [2.05, 4.69) is 5.32 Å². The lowest BCUT2D eigenvalue weighted by atomic mass is 10.0. The Balaban J connectivity index is 1.91. The highest BCUT2D eigenvalue weighted by Gasteiger charge is 2.23. The number of hydrogen-bond acceptors (Lipinski definition) is 4. The Morgan fingerprint density at radius 3 is 2.53 bits per heavy atom. The molecule has 3 N–H and O–H groups in total. The Hall–Kier alpha value is -1.40. The van der Waals surface area contributed by atoms with Crippen LogP contribution in [-0.4, -0.2) is 67.4 Å². The van der Waals surface area contributed by atoms with Crippen molar-refractivity contribution < 1.29 is 9.59 Å². The third kappa shape index (κ3) is 3.54. The number of nitrogens with zero attached hydrogens (tertiary/aromatic N) is 2. The van der Waals surface area contributed by atoms with E-state index >= 15 is 0 Å². The second kappa shape index (κ2) is 6.16. The second-order valence-electron chi connectivity index (χ2n) is 5.22. The summed E-state index contributed by atoms with van der Waals surface area (Å²) in [7, 11) is 0. The quantitative estimate of drug-likeness (QED) is 0.637. The number of amides is 2. The number of carbonyl (C=O) groups is 2. The number of hydrogen-bond donors (Lipinski definition) is 2. The van der Waals surface area contributed by atoms with Gasteiger partial charge in [-0.1, -0.05) is 0 Å². The first-order valence-electron chi connectivity index (χ1n) is 6.77. The third-order valence-corrected chi connectivity index (χ3v) is 3.78. The molecule has 0 saturated carbocycles. The van der Waals surface area contributed by atoms with Crippen molar-refractivity contribution in [3.63, 3.8) is 0 Å². The fraction of sp³-hybridized carbons (Fsp3) is 0.692. The lowest BCUT2D eigenvalue weighted by molar-refractivity contribution is -0.127. The van der Waals surface area contributed by atoms with Crippen LogP contribution in [0.4, 0.5) is 0 Å². The fourth-order valence-corrected chi connectivity index (χ4v) is 2.46. The van der Waals surface area contributed by atoms with E-state index in [1.165, 1.54) is 5.57 Å². The Kier molecular flexibility index (Phi) is 4.55. The predicted molar refractivity (Wildman–Crippen MR) is 72.4 cm³/mol. The van der Waals surface area contributed by atoms with Gasteiger partial charge in [-0.05, 0) is 18.9 Å². The SMILES string of the molecule is CC(C(=O)N1CCCN(CC(N)=O)CC1)=C1CNC1. The van der Waals surface area contributed by atoms with Gasteiger partial charge in [0.15, 0.2) is 0 Å². The normalized spacial score (nSPS) is 20.7. The van der Waals surface area contributed by atoms with Crippen LogP contribution in [0.25, 0.3) is 0 Å². The van der Waals surface area contributed by atoms with Crippen LogP contribution < -0.4 is 11.1 Å². The second-order valence-corrected chi connectivity index (χ2v) is 5.22. The average Bonchev–Trinajstić information content (AvgIpc) is 2.50. The van der Waals surface area contributed by atoms with Crippen LogP contribution in [-0.2, 0) is 9.59 Å². The fourth-order valence-electron chi connectivity index (χ4n) is 2.46. The molecule has 0 radical (unpaired) electrons. The highest BCUT2D eigenvalue weighted by atomic mass is 16.2. The molecule has 0 atom stereocenters. The summed E-state index contributed by atoms with van der Waals surface area (Å²) >= 11 is 0. The van der Waals surface area contributed by atoms with Crippen molar-refractivity contribution in [2.24, 2.45) is 5.73 Å². The standard InChI is InChI=1S/C13H22N4O2/c1-10(11-7-15-8-11)13(19)17-4-2-3-16(5-6-17)9-12(14)18/h15H,2-9H2,1H3,(H2,14,18). The van der Waals surface area contributed by atoms with E-state index in [4.69, 9.17) is 5.73 Å². The van der Waals surface area contributed by atoms with Crippen LogP contribution in [0.3, 0.4) is 0 Å². The molecular formula is C13H22N4O2. The molecule has 0 aromatic rings. The average molecular weight is 266 g/mol. The molecule has 0 aromatic carbocycles. The molecule has 2 rings (SSSR count). The summed E-state index contributed by atoms with van der Waals surface area (Å²) in [6.07, 6.45) is 0.889. The van der Waals surface area contributed by atoms with Crippen molar-refractivity contribution in [1.29, 1.82) is 0 Å². The molecule has 2 saturated heterocycles. The Morgan fingerprint density at radius 1 is 1.21 bits per heavy atom. The van der Waals surface area contributed by atoms with E-state index in [0.717, 1.165) is 44.7 Å². The topological polar surface area (TPSA) is 78.7 Å². The Bertz CT molecular complexity index is 399. The minimum atomic E-state index is -0.307. The number of nitrogens with two attached hydrogens (primary N) is 1. The smallest absolute Gasteiger partial charge is 0.249 e. The maximum Gasteiger partial charge on any atom is 0.249 e. The van der Waals surface area contributed by atoms with Crippen LogP contribution in [0, 0.1) is 0 Å². The van der Waals surface area contributed by atoms with Crippen molar-refractivity contribution in [3.8, 4) is 0 Å². The Morgan fingerprint density at radius 2 is 1.95 bits per heavy atom. The molecule has 2 amide bonds. The van der Waals surface area contributed by atoms with Crippen LogP contribution in [0.5, 0.6) is 0 Å². The number of primary amides is 1. The van der Waals surface area contributed by atoms with Gasteiger partial charge in [-0.25, -0.2) is 0 Å². The summed E-state index contributed by atoms with van der Waals surface area (Å²) in [4.78, 5) is 27.2. The number of nitrogens with one attached hydrogen (secondary N) is 1. The Labute approximate surface area is 113 Å². The number of carbonyl (C=O) groups excluding carboxylic acids is 2. The van der Waals surface area contributed by atoms with Gasteiger partial charge in [0.2, 0.25) is 11.8 Å². The zero-order chi connectivity index (χ0) is 13.8. The largest absolute Gasteiger partial charge is 0.369 e. The zero-order valence-corrected chi connectivity index (χ0v) is 11.4. The molecular weight excluding hydrogens is 244 g/mol. The summed E-state index contributed by atoms with van der Waals surface area (Å²) in [6.45, 7) is 6.82. The van der Waals surface area contributed by atoms with Crippen LogP contribution in [0.1, 0.15) is 13.3 Å². The molecule has 19 heavy (non-hydrogen) atoms. The van der Waals surface area contributed by atoms with Gasteiger partial charge in [0.05, 0.1) is 6.54 Å². The van der Waals surface area contributed by atoms with Gasteiger partial charge in [0.25, 0.3) is 0 Å². The summed E-state index contributed by atoms with van der Waals surface area (Å²) < 4.78 is 0. The lowest BCUT2D eigenvalue weighted by Gasteiger charge is -2.26. The minimum Gasteiger partial charge on any atom is -0.369 e. The van der Waals surface area contributed by atoms with Gasteiger partial charge in [-0.15, -0.1) is 0 Å². The molecule has 2 fully saturated rings.